The number of nitrogens with zero attached hydrogens (tertiary/aromatic N) is 3. The van der Waals surface area contributed by atoms with E-state index >= 15 is 0 Å². The highest BCUT2D eigenvalue weighted by Gasteiger charge is 2.25. The summed E-state index contributed by atoms with van der Waals surface area (Å²) in [6.07, 6.45) is 2.17. The van der Waals surface area contributed by atoms with E-state index in [1.54, 1.807) is 24.3 Å². The molecule has 100 valence electrons. The third-order valence-electron chi connectivity index (χ3n) is 3.65. The molecular weight excluding hydrogens is 238 g/mol. The van der Waals surface area contributed by atoms with Gasteiger partial charge in [0, 0.05) is 24.7 Å². The summed E-state index contributed by atoms with van der Waals surface area (Å²) >= 11 is 0. The fourth-order valence-corrected chi connectivity index (χ4v) is 2.47. The summed E-state index contributed by atoms with van der Waals surface area (Å²) in [5.74, 6) is 0.0312. The lowest BCUT2D eigenvalue weighted by atomic mass is 10.0. The van der Waals surface area contributed by atoms with Crippen molar-refractivity contribution < 1.29 is 4.79 Å². The molecule has 0 N–H and O–H groups in total. The minimum Gasteiger partial charge on any atom is -0.337 e. The number of likely N-dealkylation sites (N-methyl/N-ethyl adjacent to an activating group) is 1. The van der Waals surface area contributed by atoms with Gasteiger partial charge in [-0.25, -0.2) is 0 Å². The Morgan fingerprint density at radius 3 is 2.95 bits per heavy atom. The first-order chi connectivity index (χ1) is 9.11. The van der Waals surface area contributed by atoms with E-state index in [0.29, 0.717) is 17.2 Å². The van der Waals surface area contributed by atoms with Crippen molar-refractivity contribution in [3.8, 4) is 6.07 Å². The number of hydrogen-bond acceptors (Lipinski definition) is 3. The standard InChI is InChI=1S/C15H19N3O/c1-17(2)14-7-4-8-18(11-14)15(19)13-6-3-5-12(9-13)10-16/h3,5-6,9,14H,4,7-8,11H2,1-2H3. The molecule has 1 amide bonds. The highest BCUT2D eigenvalue weighted by atomic mass is 16.2. The maximum absolute atomic E-state index is 12.4. The Hall–Kier alpha value is -1.86. The Labute approximate surface area is 114 Å². The topological polar surface area (TPSA) is 47.3 Å². The molecule has 0 radical (unpaired) electrons. The lowest BCUT2D eigenvalue weighted by Crippen LogP contribution is -2.47. The third kappa shape index (κ3) is 3.12. The Kier molecular flexibility index (Phi) is 4.18. The number of rotatable bonds is 2. The Morgan fingerprint density at radius 2 is 2.26 bits per heavy atom. The van der Waals surface area contributed by atoms with Gasteiger partial charge in [-0.05, 0) is 45.1 Å². The smallest absolute Gasteiger partial charge is 0.253 e. The SMILES string of the molecule is CN(C)C1CCCN(C(=O)c2cccc(C#N)c2)C1. The first kappa shape index (κ1) is 13.6. The van der Waals surface area contributed by atoms with Crippen LogP contribution >= 0.6 is 0 Å². The molecule has 0 aliphatic carbocycles. The maximum atomic E-state index is 12.4. The van der Waals surface area contributed by atoms with Gasteiger partial charge in [-0.2, -0.15) is 5.26 Å². The summed E-state index contributed by atoms with van der Waals surface area (Å²) in [7, 11) is 4.10. The number of likely N-dealkylation sites (tertiary alicyclic amines) is 1. The zero-order chi connectivity index (χ0) is 13.8. The molecular formula is C15H19N3O. The van der Waals surface area contributed by atoms with Gasteiger partial charge in [0.2, 0.25) is 0 Å². The largest absolute Gasteiger partial charge is 0.337 e. The van der Waals surface area contributed by atoms with Gasteiger partial charge < -0.3 is 9.80 Å². The minimum absolute atomic E-state index is 0.0312. The molecule has 0 bridgehead atoms. The average molecular weight is 257 g/mol. The highest BCUT2D eigenvalue weighted by molar-refractivity contribution is 5.94. The van der Waals surface area contributed by atoms with Crippen LogP contribution in [0.2, 0.25) is 0 Å². The van der Waals surface area contributed by atoms with Crippen molar-refractivity contribution in [1.29, 1.82) is 5.26 Å². The fourth-order valence-electron chi connectivity index (χ4n) is 2.47. The van der Waals surface area contributed by atoms with Crippen LogP contribution in [-0.4, -0.2) is 48.9 Å². The first-order valence-electron chi connectivity index (χ1n) is 6.57. The van der Waals surface area contributed by atoms with E-state index < -0.39 is 0 Å². The van der Waals surface area contributed by atoms with Crippen LogP contribution in [0.25, 0.3) is 0 Å². The predicted octanol–water partition coefficient (Wildman–Crippen LogP) is 1.72. The monoisotopic (exact) mass is 257 g/mol. The maximum Gasteiger partial charge on any atom is 0.253 e. The number of nitriles is 1. The molecule has 1 heterocycles. The zero-order valence-corrected chi connectivity index (χ0v) is 11.5. The second kappa shape index (κ2) is 5.85. The third-order valence-corrected chi connectivity index (χ3v) is 3.65. The molecule has 0 spiro atoms. The number of piperidine rings is 1. The van der Waals surface area contributed by atoms with Gasteiger partial charge in [-0.3, -0.25) is 4.79 Å². The van der Waals surface area contributed by atoms with Gasteiger partial charge in [-0.1, -0.05) is 6.07 Å². The van der Waals surface area contributed by atoms with Gasteiger partial charge in [0.15, 0.2) is 0 Å². The summed E-state index contributed by atoms with van der Waals surface area (Å²) in [5.41, 5.74) is 1.14. The Balaban J connectivity index is 2.12. The van der Waals surface area contributed by atoms with Crippen LogP contribution in [0.5, 0.6) is 0 Å². The zero-order valence-electron chi connectivity index (χ0n) is 11.5. The lowest BCUT2D eigenvalue weighted by Gasteiger charge is -2.36. The average Bonchev–Trinajstić information content (AvgIpc) is 2.46. The van der Waals surface area contributed by atoms with Crippen molar-refractivity contribution in [2.75, 3.05) is 27.2 Å². The van der Waals surface area contributed by atoms with Gasteiger partial charge in [0.1, 0.15) is 0 Å². The first-order valence-corrected chi connectivity index (χ1v) is 6.57. The number of benzene rings is 1. The van der Waals surface area contributed by atoms with E-state index in [-0.39, 0.29) is 5.91 Å². The van der Waals surface area contributed by atoms with E-state index in [0.717, 1.165) is 25.9 Å². The normalized spacial score (nSPS) is 19.3. The van der Waals surface area contributed by atoms with Gasteiger partial charge in [0.25, 0.3) is 5.91 Å². The molecule has 2 rings (SSSR count). The van der Waals surface area contributed by atoms with Crippen molar-refractivity contribution in [3.05, 3.63) is 35.4 Å². The van der Waals surface area contributed by atoms with Crippen molar-refractivity contribution in [2.45, 2.75) is 18.9 Å². The van der Waals surface area contributed by atoms with Crippen molar-refractivity contribution in [1.82, 2.24) is 9.80 Å². The quantitative estimate of drug-likeness (QED) is 0.810. The van der Waals surface area contributed by atoms with Crippen LogP contribution in [0.3, 0.4) is 0 Å². The van der Waals surface area contributed by atoms with E-state index in [4.69, 9.17) is 5.26 Å². The van der Waals surface area contributed by atoms with E-state index in [1.807, 2.05) is 4.90 Å². The van der Waals surface area contributed by atoms with E-state index in [1.165, 1.54) is 0 Å². The molecule has 1 saturated heterocycles. The van der Waals surface area contributed by atoms with Gasteiger partial charge in [-0.15, -0.1) is 0 Å². The summed E-state index contributed by atoms with van der Waals surface area (Å²) in [5, 5.41) is 8.89. The van der Waals surface area contributed by atoms with Crippen molar-refractivity contribution in [3.63, 3.8) is 0 Å². The number of amides is 1. The molecule has 1 aromatic rings. The van der Waals surface area contributed by atoms with Crippen LogP contribution in [0.15, 0.2) is 24.3 Å². The number of carbonyl (C=O) groups is 1. The number of hydrogen-bond donors (Lipinski definition) is 0. The molecule has 1 aromatic carbocycles. The lowest BCUT2D eigenvalue weighted by molar-refractivity contribution is 0.0635. The van der Waals surface area contributed by atoms with E-state index in [2.05, 4.69) is 25.1 Å². The molecule has 1 aliphatic heterocycles. The van der Waals surface area contributed by atoms with Gasteiger partial charge in [0.05, 0.1) is 11.6 Å². The van der Waals surface area contributed by atoms with Gasteiger partial charge >= 0.3 is 0 Å². The second-order valence-corrected chi connectivity index (χ2v) is 5.20. The minimum atomic E-state index is 0.0312. The summed E-state index contributed by atoms with van der Waals surface area (Å²) in [6.45, 7) is 1.57. The van der Waals surface area contributed by atoms with Crippen LogP contribution in [0, 0.1) is 11.3 Å². The van der Waals surface area contributed by atoms with Crippen LogP contribution < -0.4 is 0 Å². The molecule has 1 fully saturated rings. The fraction of sp³-hybridized carbons (Fsp3) is 0.467. The number of carbonyl (C=O) groups excluding carboxylic acids is 1. The predicted molar refractivity (Wildman–Crippen MR) is 73.8 cm³/mol. The van der Waals surface area contributed by atoms with Crippen molar-refractivity contribution >= 4 is 5.91 Å². The Bertz CT molecular complexity index is 504. The van der Waals surface area contributed by atoms with Crippen LogP contribution in [-0.2, 0) is 0 Å². The molecule has 4 nitrogen and oxygen atoms in total. The summed E-state index contributed by atoms with van der Waals surface area (Å²) < 4.78 is 0. The molecule has 1 aliphatic rings. The molecule has 1 unspecified atom stereocenters. The van der Waals surface area contributed by atoms with Crippen LogP contribution in [0.4, 0.5) is 0 Å². The molecule has 19 heavy (non-hydrogen) atoms. The van der Waals surface area contributed by atoms with E-state index in [9.17, 15) is 4.79 Å². The molecule has 0 aromatic heterocycles. The van der Waals surface area contributed by atoms with Crippen LogP contribution in [0.1, 0.15) is 28.8 Å². The Morgan fingerprint density at radius 1 is 1.47 bits per heavy atom. The molecule has 4 heteroatoms. The summed E-state index contributed by atoms with van der Waals surface area (Å²) in [6, 6.07) is 9.43. The van der Waals surface area contributed by atoms with Crippen molar-refractivity contribution in [2.24, 2.45) is 0 Å². The molecule has 1 atom stereocenters. The molecule has 0 saturated carbocycles. The summed E-state index contributed by atoms with van der Waals surface area (Å²) in [4.78, 5) is 16.5. The second-order valence-electron chi connectivity index (χ2n) is 5.20. The highest BCUT2D eigenvalue weighted by Crippen LogP contribution is 2.17.